The molecule has 2 aliphatic heterocycles. The average molecular weight is 606 g/mol. The van der Waals surface area contributed by atoms with Gasteiger partial charge < -0.3 is 9.97 Å². The van der Waals surface area contributed by atoms with Crippen molar-refractivity contribution in [1.82, 2.24) is 30.6 Å². The maximum absolute atomic E-state index is 4.58. The number of aromatic nitrogens is 4. The van der Waals surface area contributed by atoms with Crippen molar-refractivity contribution in [2.24, 2.45) is 0 Å². The third kappa shape index (κ3) is 6.55. The zero-order valence-electron chi connectivity index (χ0n) is 19.1. The number of hydrogen-bond acceptors (Lipinski definition) is 6. The third-order valence-electron chi connectivity index (χ3n) is 6.01. The number of H-pyrrole nitrogens is 2. The van der Waals surface area contributed by atoms with E-state index in [1.54, 1.807) is 0 Å². The summed E-state index contributed by atoms with van der Waals surface area (Å²) in [5.41, 5.74) is 6.83. The third-order valence-corrected chi connectivity index (χ3v) is 7.89. The van der Waals surface area contributed by atoms with Crippen LogP contribution in [-0.2, 0) is 0 Å². The molecule has 2 aliphatic rings. The van der Waals surface area contributed by atoms with Gasteiger partial charge in [0.2, 0.25) is 0 Å². The van der Waals surface area contributed by atoms with Crippen LogP contribution in [0.1, 0.15) is 23.7 Å². The lowest BCUT2D eigenvalue weighted by atomic mass is 10.0. The van der Waals surface area contributed by atoms with Crippen molar-refractivity contribution in [2.45, 2.75) is 12.1 Å². The molecule has 2 saturated heterocycles. The fraction of sp³-hybridized carbons (Fsp3) is 0.250. The first kappa shape index (κ1) is 30.9. The van der Waals surface area contributed by atoms with Crippen LogP contribution in [0.2, 0.25) is 0 Å². The van der Waals surface area contributed by atoms with Crippen LogP contribution in [0.4, 0.5) is 0 Å². The molecule has 4 heterocycles. The highest BCUT2D eigenvalue weighted by Gasteiger charge is 2.20. The molecule has 6 rings (SSSR count). The number of benzene rings is 2. The molecule has 2 atom stereocenters. The van der Waals surface area contributed by atoms with Crippen LogP contribution in [0.15, 0.2) is 60.9 Å². The second-order valence-corrected chi connectivity index (χ2v) is 10.1. The van der Waals surface area contributed by atoms with E-state index in [0.717, 1.165) is 57.4 Å². The lowest BCUT2D eigenvalue weighted by Gasteiger charge is -2.07. The van der Waals surface area contributed by atoms with Crippen LogP contribution >= 0.6 is 73.2 Å². The number of imidazole rings is 2. The Bertz CT molecular complexity index is 1110. The number of thioether (sulfide) groups is 2. The molecule has 0 radical (unpaired) electrons. The monoisotopic (exact) mass is 604 g/mol. The number of halogens is 4. The molecule has 12 heteroatoms. The van der Waals surface area contributed by atoms with Crippen LogP contribution in [-0.4, -0.2) is 43.2 Å². The molecule has 6 nitrogen and oxygen atoms in total. The SMILES string of the molecule is Cl.Cl.Cl.Cl.c1cc(-c2cnc([C@H]3CSCN3)[nH]2)ccc1-c1ccc(-c2cnc([C@H]3CSCN3)[nH]2)cc1. The van der Waals surface area contributed by atoms with E-state index < -0.39 is 0 Å². The molecular weight excluding hydrogens is 578 g/mol. The van der Waals surface area contributed by atoms with E-state index in [1.165, 1.54) is 11.1 Å². The largest absolute Gasteiger partial charge is 0.341 e. The molecule has 0 unspecified atom stereocenters. The Morgan fingerprint density at radius 2 is 0.917 bits per heavy atom. The summed E-state index contributed by atoms with van der Waals surface area (Å²) in [5.74, 6) is 6.17. The summed E-state index contributed by atoms with van der Waals surface area (Å²) in [4.78, 5) is 16.1. The minimum absolute atomic E-state index is 0. The molecule has 0 spiro atoms. The number of aromatic amines is 2. The van der Waals surface area contributed by atoms with E-state index in [4.69, 9.17) is 0 Å². The van der Waals surface area contributed by atoms with Crippen molar-refractivity contribution in [2.75, 3.05) is 23.3 Å². The molecule has 0 saturated carbocycles. The predicted molar refractivity (Wildman–Crippen MR) is 162 cm³/mol. The molecule has 194 valence electrons. The van der Waals surface area contributed by atoms with Crippen molar-refractivity contribution >= 4 is 73.2 Å². The van der Waals surface area contributed by atoms with Gasteiger partial charge in [-0.3, -0.25) is 10.6 Å². The zero-order chi connectivity index (χ0) is 21.3. The quantitative estimate of drug-likeness (QED) is 0.208. The summed E-state index contributed by atoms with van der Waals surface area (Å²) >= 11 is 3.82. The van der Waals surface area contributed by atoms with Gasteiger partial charge in [0.25, 0.3) is 0 Å². The minimum atomic E-state index is 0. The Balaban J connectivity index is 0.00000114. The number of nitrogens with zero attached hydrogens (tertiary/aromatic N) is 2. The van der Waals surface area contributed by atoms with Crippen LogP contribution in [0.5, 0.6) is 0 Å². The van der Waals surface area contributed by atoms with E-state index in [0.29, 0.717) is 12.1 Å². The van der Waals surface area contributed by atoms with Crippen molar-refractivity contribution in [3.05, 3.63) is 72.6 Å². The predicted octanol–water partition coefficient (Wildman–Crippen LogP) is 6.49. The molecule has 2 aromatic heterocycles. The van der Waals surface area contributed by atoms with Crippen LogP contribution in [0, 0.1) is 0 Å². The first-order valence-corrected chi connectivity index (χ1v) is 13.1. The van der Waals surface area contributed by atoms with Gasteiger partial charge in [0.15, 0.2) is 0 Å². The first-order chi connectivity index (χ1) is 15.8. The Morgan fingerprint density at radius 3 is 1.25 bits per heavy atom. The summed E-state index contributed by atoms with van der Waals surface area (Å²) < 4.78 is 0. The smallest absolute Gasteiger partial charge is 0.124 e. The van der Waals surface area contributed by atoms with Gasteiger partial charge in [-0.05, 0) is 22.3 Å². The van der Waals surface area contributed by atoms with Gasteiger partial charge >= 0.3 is 0 Å². The highest BCUT2D eigenvalue weighted by molar-refractivity contribution is 7.99. The molecule has 0 amide bonds. The van der Waals surface area contributed by atoms with Crippen molar-refractivity contribution in [3.63, 3.8) is 0 Å². The average Bonchev–Trinajstić information content (AvgIpc) is 3.66. The van der Waals surface area contributed by atoms with Crippen molar-refractivity contribution < 1.29 is 0 Å². The van der Waals surface area contributed by atoms with Gasteiger partial charge in [0.1, 0.15) is 11.6 Å². The lowest BCUT2D eigenvalue weighted by Crippen LogP contribution is -2.15. The summed E-state index contributed by atoms with van der Waals surface area (Å²) in [6, 6.07) is 18.0. The lowest BCUT2D eigenvalue weighted by molar-refractivity contribution is 0.641. The van der Waals surface area contributed by atoms with Crippen molar-refractivity contribution in [3.8, 4) is 33.6 Å². The molecule has 2 fully saturated rings. The van der Waals surface area contributed by atoms with Crippen LogP contribution < -0.4 is 10.6 Å². The minimum Gasteiger partial charge on any atom is -0.341 e. The Hall–Kier alpha value is -1.36. The van der Waals surface area contributed by atoms with E-state index in [2.05, 4.69) is 79.1 Å². The normalized spacial score (nSPS) is 18.4. The molecule has 2 aromatic carbocycles. The fourth-order valence-electron chi connectivity index (χ4n) is 4.15. The standard InChI is InChI=1S/C24H24N6S2.4ClH/c1-5-17(19-9-25-23(29-19)21-11-31-13-27-21)6-2-15(1)16-3-7-18(8-4-16)20-10-26-24(30-20)22-12-32-14-28-22;;;;/h1-10,21-22,27-28H,11-14H2,(H,25,29)(H,26,30);4*1H/t21-,22-;;;;/m1..../s1. The first-order valence-electron chi connectivity index (χ1n) is 10.8. The maximum atomic E-state index is 4.58. The maximum Gasteiger partial charge on any atom is 0.124 e. The highest BCUT2D eigenvalue weighted by Crippen LogP contribution is 2.29. The van der Waals surface area contributed by atoms with Crippen molar-refractivity contribution in [1.29, 1.82) is 0 Å². The fourth-order valence-corrected chi connectivity index (χ4v) is 6.04. The highest BCUT2D eigenvalue weighted by atomic mass is 35.5. The number of rotatable bonds is 5. The van der Waals surface area contributed by atoms with Crippen LogP contribution in [0.25, 0.3) is 33.6 Å². The second-order valence-electron chi connectivity index (χ2n) is 8.06. The second kappa shape index (κ2) is 14.0. The van der Waals surface area contributed by atoms with E-state index in [9.17, 15) is 0 Å². The molecular formula is C24H28Cl4N6S2. The Morgan fingerprint density at radius 1 is 0.556 bits per heavy atom. The Labute approximate surface area is 244 Å². The molecule has 36 heavy (non-hydrogen) atoms. The van der Waals surface area contributed by atoms with Gasteiger partial charge in [0.05, 0.1) is 35.9 Å². The zero-order valence-corrected chi connectivity index (χ0v) is 24.0. The summed E-state index contributed by atoms with van der Waals surface area (Å²) in [6.07, 6.45) is 3.87. The summed E-state index contributed by atoms with van der Waals surface area (Å²) in [5, 5.41) is 6.92. The van der Waals surface area contributed by atoms with Gasteiger partial charge in [-0.15, -0.1) is 73.2 Å². The molecule has 4 aromatic rings. The molecule has 4 N–H and O–H groups in total. The topological polar surface area (TPSA) is 81.4 Å². The van der Waals surface area contributed by atoms with E-state index in [-0.39, 0.29) is 49.6 Å². The molecule has 0 aliphatic carbocycles. The van der Waals surface area contributed by atoms with E-state index in [1.807, 2.05) is 35.9 Å². The van der Waals surface area contributed by atoms with Gasteiger partial charge in [0, 0.05) is 23.3 Å². The van der Waals surface area contributed by atoms with Gasteiger partial charge in [-0.2, -0.15) is 0 Å². The molecule has 0 bridgehead atoms. The number of nitrogens with one attached hydrogen (secondary N) is 4. The van der Waals surface area contributed by atoms with Gasteiger partial charge in [-0.25, -0.2) is 9.97 Å². The summed E-state index contributed by atoms with van der Waals surface area (Å²) in [7, 11) is 0. The van der Waals surface area contributed by atoms with Crippen LogP contribution in [0.3, 0.4) is 0 Å². The van der Waals surface area contributed by atoms with Gasteiger partial charge in [-0.1, -0.05) is 48.5 Å². The Kier molecular flexibility index (Phi) is 12.0. The number of hydrogen-bond donors (Lipinski definition) is 4. The van der Waals surface area contributed by atoms with E-state index >= 15 is 0 Å². The summed E-state index contributed by atoms with van der Waals surface area (Å²) in [6.45, 7) is 0.